The number of ether oxygens (including phenoxy) is 1. The van der Waals surface area contributed by atoms with Crippen LogP contribution in [0, 0.1) is 6.92 Å². The maximum Gasteiger partial charge on any atom is 0.225 e. The minimum absolute atomic E-state index is 0.107. The molecule has 1 N–H and O–H groups in total. The van der Waals surface area contributed by atoms with Crippen LogP contribution in [-0.4, -0.2) is 60.0 Å². The van der Waals surface area contributed by atoms with Crippen molar-refractivity contribution in [1.29, 1.82) is 0 Å². The molecule has 1 saturated carbocycles. The fourth-order valence-corrected chi connectivity index (χ4v) is 4.60. The van der Waals surface area contributed by atoms with Crippen LogP contribution < -0.4 is 9.64 Å². The van der Waals surface area contributed by atoms with E-state index >= 15 is 0 Å². The molecule has 0 amide bonds. The zero-order valence-corrected chi connectivity index (χ0v) is 22.1. The molecule has 0 atom stereocenters. The van der Waals surface area contributed by atoms with Crippen molar-refractivity contribution in [3.63, 3.8) is 0 Å². The van der Waals surface area contributed by atoms with E-state index in [9.17, 15) is 13.5 Å². The summed E-state index contributed by atoms with van der Waals surface area (Å²) in [6.45, 7) is 11.6. The fraction of sp³-hybridized carbons (Fsp3) is 0.577. The molecule has 0 spiro atoms. The van der Waals surface area contributed by atoms with Gasteiger partial charge in [-0.3, -0.25) is 0 Å². The van der Waals surface area contributed by atoms with E-state index in [-0.39, 0.29) is 17.2 Å². The molecule has 0 bridgehead atoms. The number of aryl methyl sites for hydroxylation is 2. The van der Waals surface area contributed by atoms with Crippen LogP contribution in [0.5, 0.6) is 5.75 Å². The van der Waals surface area contributed by atoms with E-state index < -0.39 is 9.84 Å². The van der Waals surface area contributed by atoms with Gasteiger partial charge in [-0.05, 0) is 69.6 Å². The average molecular weight is 505 g/mol. The number of piperidine rings is 1. The third-order valence-electron chi connectivity index (χ3n) is 6.08. The lowest BCUT2D eigenvalue weighted by Gasteiger charge is -2.29. The highest BCUT2D eigenvalue weighted by molar-refractivity contribution is 7.90. The number of pyridine rings is 1. The van der Waals surface area contributed by atoms with Crippen molar-refractivity contribution in [2.24, 2.45) is 0 Å². The van der Waals surface area contributed by atoms with Gasteiger partial charge in [0.1, 0.15) is 5.75 Å². The second-order valence-corrected chi connectivity index (χ2v) is 10.8. The van der Waals surface area contributed by atoms with Crippen molar-refractivity contribution < 1.29 is 18.3 Å². The topological polar surface area (TPSA) is 106 Å². The van der Waals surface area contributed by atoms with Gasteiger partial charge >= 0.3 is 0 Å². The number of aromatic nitrogens is 3. The third kappa shape index (κ3) is 9.22. The monoisotopic (exact) mass is 504 g/mol. The summed E-state index contributed by atoms with van der Waals surface area (Å²) in [6, 6.07) is 3.23. The Morgan fingerprint density at radius 2 is 1.66 bits per heavy atom. The van der Waals surface area contributed by atoms with Gasteiger partial charge in [-0.25, -0.2) is 23.4 Å². The van der Waals surface area contributed by atoms with Crippen LogP contribution in [-0.2, 0) is 16.3 Å². The first-order chi connectivity index (χ1) is 16.8. The van der Waals surface area contributed by atoms with Crippen molar-refractivity contribution in [3.05, 3.63) is 48.9 Å². The Kier molecular flexibility index (Phi) is 11.6. The van der Waals surface area contributed by atoms with Gasteiger partial charge in [0, 0.05) is 31.7 Å². The van der Waals surface area contributed by atoms with Crippen LogP contribution in [0.2, 0.25) is 0 Å². The quantitative estimate of drug-likeness (QED) is 0.601. The molecule has 1 aliphatic carbocycles. The number of rotatable bonds is 5. The summed E-state index contributed by atoms with van der Waals surface area (Å²) in [5.41, 5.74) is 1.80. The predicted molar refractivity (Wildman–Crippen MR) is 140 cm³/mol. The number of anilines is 1. The van der Waals surface area contributed by atoms with Crippen LogP contribution in [0.1, 0.15) is 63.1 Å². The first-order valence-corrected chi connectivity index (χ1v) is 14.2. The molecular weight excluding hydrogens is 464 g/mol. The molecule has 9 heteroatoms. The van der Waals surface area contributed by atoms with E-state index in [0.717, 1.165) is 63.0 Å². The first kappa shape index (κ1) is 28.7. The van der Waals surface area contributed by atoms with Crippen molar-refractivity contribution in [2.75, 3.05) is 24.2 Å². The van der Waals surface area contributed by atoms with E-state index in [0.29, 0.717) is 11.4 Å². The zero-order valence-electron chi connectivity index (χ0n) is 21.3. The summed E-state index contributed by atoms with van der Waals surface area (Å²) >= 11 is 0. The largest absolute Gasteiger partial charge is 0.489 e. The molecule has 194 valence electrons. The third-order valence-corrected chi connectivity index (χ3v) is 7.07. The van der Waals surface area contributed by atoms with Gasteiger partial charge in [0.15, 0.2) is 14.9 Å². The van der Waals surface area contributed by atoms with Crippen LogP contribution in [0.3, 0.4) is 0 Å². The zero-order chi connectivity index (χ0) is 25.8. The number of hydrogen-bond donors (Lipinski definition) is 1. The first-order valence-electron chi connectivity index (χ1n) is 12.3. The van der Waals surface area contributed by atoms with Gasteiger partial charge in [-0.15, -0.1) is 13.2 Å². The molecule has 1 aliphatic heterocycles. The van der Waals surface area contributed by atoms with Gasteiger partial charge in [0.2, 0.25) is 5.95 Å². The molecule has 3 heterocycles. The van der Waals surface area contributed by atoms with Crippen LogP contribution in [0.15, 0.2) is 42.7 Å². The molecule has 4 rings (SSSR count). The molecular formula is C26H40N4O4S. The van der Waals surface area contributed by atoms with Crippen LogP contribution >= 0.6 is 0 Å². The van der Waals surface area contributed by atoms with Gasteiger partial charge < -0.3 is 14.7 Å². The normalized spacial score (nSPS) is 17.0. The predicted octanol–water partition coefficient (Wildman–Crippen LogP) is 4.31. The maximum atomic E-state index is 11.4. The van der Waals surface area contributed by atoms with Gasteiger partial charge in [0.05, 0.1) is 17.9 Å². The highest BCUT2D eigenvalue weighted by Crippen LogP contribution is 2.25. The van der Waals surface area contributed by atoms with E-state index in [2.05, 4.69) is 39.9 Å². The summed E-state index contributed by atoms with van der Waals surface area (Å²) in [5, 5.41) is 9.50. The fourth-order valence-electron chi connectivity index (χ4n) is 3.98. The Morgan fingerprint density at radius 1 is 1.06 bits per heavy atom. The molecule has 2 aliphatic rings. The van der Waals surface area contributed by atoms with Gasteiger partial charge in [-0.1, -0.05) is 13.3 Å². The molecule has 2 fully saturated rings. The lowest BCUT2D eigenvalue weighted by atomic mass is 9.98. The summed E-state index contributed by atoms with van der Waals surface area (Å²) < 4.78 is 28.7. The summed E-state index contributed by atoms with van der Waals surface area (Å²) in [5.74, 6) is 1.49. The summed E-state index contributed by atoms with van der Waals surface area (Å²) in [6.07, 6.45) is 13.5. The van der Waals surface area contributed by atoms with Crippen LogP contribution in [0.4, 0.5) is 5.95 Å². The average Bonchev–Trinajstić information content (AvgIpc) is 2.87. The number of hydrogen-bond acceptors (Lipinski definition) is 8. The van der Waals surface area contributed by atoms with E-state index in [1.165, 1.54) is 25.3 Å². The van der Waals surface area contributed by atoms with E-state index in [4.69, 9.17) is 4.74 Å². The Hall–Kier alpha value is -2.52. The molecule has 2 aromatic heterocycles. The minimum Gasteiger partial charge on any atom is -0.489 e. The van der Waals surface area contributed by atoms with Crippen molar-refractivity contribution in [2.45, 2.75) is 82.4 Å². The number of aliphatic hydroxyl groups excluding tert-OH is 1. The molecule has 35 heavy (non-hydrogen) atoms. The van der Waals surface area contributed by atoms with Gasteiger partial charge in [-0.2, -0.15) is 0 Å². The van der Waals surface area contributed by atoms with Crippen molar-refractivity contribution >= 4 is 15.8 Å². The summed E-state index contributed by atoms with van der Waals surface area (Å²) in [7, 11) is -3.24. The Balaban J connectivity index is 0.000000234. The Bertz CT molecular complexity index is 1000. The number of aliphatic hydroxyl groups is 1. The van der Waals surface area contributed by atoms with Gasteiger partial charge in [0.25, 0.3) is 0 Å². The minimum atomic E-state index is -3.24. The second-order valence-electron chi connectivity index (χ2n) is 8.85. The molecule has 0 aromatic carbocycles. The summed E-state index contributed by atoms with van der Waals surface area (Å²) in [4.78, 5) is 14.9. The van der Waals surface area contributed by atoms with Crippen LogP contribution in [0.25, 0.3) is 0 Å². The molecule has 8 nitrogen and oxygen atoms in total. The SMILES string of the molecule is C=C.CCc1cnc(N2CCC(O)CC2)nc1.Cc1nc(S(C)(=O)=O)ccc1OC1CCCCC1. The Morgan fingerprint density at radius 3 is 2.17 bits per heavy atom. The highest BCUT2D eigenvalue weighted by Gasteiger charge is 2.19. The van der Waals surface area contributed by atoms with Crippen molar-refractivity contribution in [3.8, 4) is 5.75 Å². The molecule has 0 radical (unpaired) electrons. The van der Waals surface area contributed by atoms with E-state index in [1.807, 2.05) is 12.4 Å². The lowest BCUT2D eigenvalue weighted by molar-refractivity contribution is 0.145. The highest BCUT2D eigenvalue weighted by atomic mass is 32.2. The molecule has 2 aromatic rings. The second kappa shape index (κ2) is 14.1. The maximum absolute atomic E-state index is 11.4. The standard InChI is InChI=1S/C13H19NO3S.C11H17N3O.C2H4/c1-10-12(17-11-6-4-3-5-7-11)8-9-13(14-10)18(2,15)16;1-2-9-7-12-11(13-8-9)14-5-3-10(15)4-6-14;1-2/h8-9,11H,3-7H2,1-2H3;7-8,10,15H,2-6H2,1H3;1-2H2. The lowest BCUT2D eigenvalue weighted by Crippen LogP contribution is -2.36. The van der Waals surface area contributed by atoms with Crippen molar-refractivity contribution in [1.82, 2.24) is 15.0 Å². The molecule has 0 unspecified atom stereocenters. The smallest absolute Gasteiger partial charge is 0.225 e. The molecule has 1 saturated heterocycles. The Labute approximate surface area is 210 Å². The number of nitrogens with zero attached hydrogens (tertiary/aromatic N) is 4. The number of sulfone groups is 1. The van der Waals surface area contributed by atoms with E-state index in [1.54, 1.807) is 13.0 Å².